The highest BCUT2D eigenvalue weighted by atomic mass is 35.5. The van der Waals surface area contributed by atoms with Crippen molar-refractivity contribution in [3.05, 3.63) is 50.1 Å². The van der Waals surface area contributed by atoms with Crippen molar-refractivity contribution in [2.24, 2.45) is 5.92 Å². The molecular weight excluding hydrogens is 406 g/mol. The second kappa shape index (κ2) is 10.9. The molecule has 0 fully saturated rings. The van der Waals surface area contributed by atoms with Crippen molar-refractivity contribution in [3.63, 3.8) is 0 Å². The van der Waals surface area contributed by atoms with Crippen LogP contribution < -0.4 is 27.2 Å². The highest BCUT2D eigenvalue weighted by molar-refractivity contribution is 6.30. The molecule has 0 radical (unpaired) electrons. The summed E-state index contributed by atoms with van der Waals surface area (Å²) < 4.78 is 1.36. The smallest absolute Gasteiger partial charge is 0.330 e. The Morgan fingerprint density at radius 2 is 2.07 bits per heavy atom. The molecule has 0 aliphatic carbocycles. The van der Waals surface area contributed by atoms with Crippen molar-refractivity contribution in [2.75, 3.05) is 29.0 Å². The lowest BCUT2D eigenvalue weighted by molar-refractivity contribution is -0.115. The van der Waals surface area contributed by atoms with Crippen LogP contribution in [0.1, 0.15) is 40.0 Å². The summed E-state index contributed by atoms with van der Waals surface area (Å²) in [6, 6.07) is 6.82. The van der Waals surface area contributed by atoms with Gasteiger partial charge in [-0.25, -0.2) is 4.79 Å². The Labute approximate surface area is 181 Å². The minimum Gasteiger partial charge on any atom is -0.383 e. The zero-order valence-electron chi connectivity index (χ0n) is 17.7. The van der Waals surface area contributed by atoms with Gasteiger partial charge in [0.15, 0.2) is 0 Å². The minimum absolute atomic E-state index is 0.0801. The van der Waals surface area contributed by atoms with Gasteiger partial charge in [0.25, 0.3) is 5.56 Å². The first-order valence-electron chi connectivity index (χ1n) is 10.2. The minimum atomic E-state index is -0.593. The number of aromatic nitrogens is 2. The molecule has 0 aliphatic heterocycles. The third kappa shape index (κ3) is 6.38. The number of rotatable bonds is 10. The Bertz CT molecular complexity index is 983. The molecule has 1 amide bonds. The lowest BCUT2D eigenvalue weighted by Gasteiger charge is -2.26. The number of aromatic amines is 1. The number of nitrogen functional groups attached to an aromatic ring is 1. The fourth-order valence-electron chi connectivity index (χ4n) is 3.05. The van der Waals surface area contributed by atoms with Gasteiger partial charge in [0.05, 0.1) is 6.54 Å². The monoisotopic (exact) mass is 435 g/mol. The van der Waals surface area contributed by atoms with E-state index in [1.165, 1.54) is 4.57 Å². The van der Waals surface area contributed by atoms with E-state index < -0.39 is 11.2 Å². The van der Waals surface area contributed by atoms with Crippen molar-refractivity contribution in [3.8, 4) is 0 Å². The fraction of sp³-hybridized carbons (Fsp3) is 0.476. The molecule has 30 heavy (non-hydrogen) atoms. The van der Waals surface area contributed by atoms with Crippen LogP contribution in [0.2, 0.25) is 5.02 Å². The summed E-state index contributed by atoms with van der Waals surface area (Å²) in [7, 11) is 0. The molecule has 4 N–H and O–H groups in total. The Morgan fingerprint density at radius 3 is 2.70 bits per heavy atom. The van der Waals surface area contributed by atoms with Crippen LogP contribution in [0.3, 0.4) is 0 Å². The Balaban J connectivity index is 2.35. The number of unbranched alkanes of at least 4 members (excludes halogenated alkanes) is 1. The fourth-order valence-corrected chi connectivity index (χ4v) is 3.24. The molecule has 0 saturated carbocycles. The van der Waals surface area contributed by atoms with Crippen LogP contribution in [-0.4, -0.2) is 28.5 Å². The number of hydrogen-bond donors (Lipinski definition) is 3. The van der Waals surface area contributed by atoms with E-state index in [2.05, 4.69) is 24.1 Å². The van der Waals surface area contributed by atoms with Crippen LogP contribution >= 0.6 is 11.6 Å². The summed E-state index contributed by atoms with van der Waals surface area (Å²) in [4.78, 5) is 41.5. The van der Waals surface area contributed by atoms with Crippen LogP contribution in [0.15, 0.2) is 33.9 Å². The van der Waals surface area contributed by atoms with Crippen molar-refractivity contribution in [1.82, 2.24) is 9.55 Å². The summed E-state index contributed by atoms with van der Waals surface area (Å²) in [6.45, 7) is 6.87. The zero-order chi connectivity index (χ0) is 22.3. The number of anilines is 3. The van der Waals surface area contributed by atoms with Gasteiger partial charge in [-0.3, -0.25) is 19.1 Å². The average Bonchev–Trinajstić information content (AvgIpc) is 2.65. The maximum Gasteiger partial charge on any atom is 0.330 e. The second-order valence-corrected chi connectivity index (χ2v) is 8.10. The molecule has 0 saturated heterocycles. The SMILES string of the molecule is CCCCn1c(N)c(N(CCC(C)C)CC(=O)Nc2cccc(Cl)c2)c(=O)[nH]c1=O. The van der Waals surface area contributed by atoms with Crippen LogP contribution in [0.5, 0.6) is 0 Å². The van der Waals surface area contributed by atoms with E-state index >= 15 is 0 Å². The number of nitrogens with two attached hydrogens (primary N) is 1. The first-order chi connectivity index (χ1) is 14.2. The standard InChI is InChI=1S/C21H30ClN5O3/c1-4-5-10-27-19(23)18(20(29)25-21(27)30)26(11-9-14(2)3)13-17(28)24-16-8-6-7-15(22)12-16/h6-8,12,14H,4-5,9-11,13,23H2,1-3H3,(H,24,28)(H,25,29,30). The van der Waals surface area contributed by atoms with Crippen LogP contribution in [0.4, 0.5) is 17.2 Å². The quantitative estimate of drug-likeness (QED) is 0.530. The van der Waals surface area contributed by atoms with Crippen LogP contribution in [-0.2, 0) is 11.3 Å². The van der Waals surface area contributed by atoms with Crippen molar-refractivity contribution < 1.29 is 4.79 Å². The van der Waals surface area contributed by atoms with Gasteiger partial charge < -0.3 is 16.0 Å². The topological polar surface area (TPSA) is 113 Å². The molecule has 2 rings (SSSR count). The molecule has 0 spiro atoms. The maximum absolute atomic E-state index is 12.7. The lowest BCUT2D eigenvalue weighted by atomic mass is 10.1. The first-order valence-corrected chi connectivity index (χ1v) is 10.5. The van der Waals surface area contributed by atoms with Crippen molar-refractivity contribution >= 4 is 34.7 Å². The van der Waals surface area contributed by atoms with E-state index in [0.29, 0.717) is 29.7 Å². The highest BCUT2D eigenvalue weighted by Gasteiger charge is 2.21. The van der Waals surface area contributed by atoms with Gasteiger partial charge in [-0.05, 0) is 37.0 Å². The number of hydrogen-bond acceptors (Lipinski definition) is 5. The van der Waals surface area contributed by atoms with E-state index in [4.69, 9.17) is 17.3 Å². The molecule has 2 aromatic rings. The normalized spacial score (nSPS) is 11.0. The van der Waals surface area contributed by atoms with E-state index in [1.807, 2.05) is 6.92 Å². The molecule has 0 bridgehead atoms. The molecule has 0 unspecified atom stereocenters. The van der Waals surface area contributed by atoms with Gasteiger partial charge in [0, 0.05) is 23.8 Å². The largest absolute Gasteiger partial charge is 0.383 e. The summed E-state index contributed by atoms with van der Waals surface area (Å²) in [5.41, 5.74) is 5.81. The number of nitrogens with one attached hydrogen (secondary N) is 2. The number of benzene rings is 1. The van der Waals surface area contributed by atoms with E-state index in [-0.39, 0.29) is 24.0 Å². The van der Waals surface area contributed by atoms with Crippen LogP contribution in [0.25, 0.3) is 0 Å². The highest BCUT2D eigenvalue weighted by Crippen LogP contribution is 2.19. The summed E-state index contributed by atoms with van der Waals surface area (Å²) in [6.07, 6.45) is 2.37. The van der Waals surface area contributed by atoms with Gasteiger partial charge in [-0.15, -0.1) is 0 Å². The van der Waals surface area contributed by atoms with Gasteiger partial charge in [0.1, 0.15) is 11.5 Å². The number of carbonyl (C=O) groups is 1. The molecular formula is C21H30ClN5O3. The van der Waals surface area contributed by atoms with Crippen molar-refractivity contribution in [2.45, 2.75) is 46.6 Å². The predicted molar refractivity (Wildman–Crippen MR) is 122 cm³/mol. The van der Waals surface area contributed by atoms with Gasteiger partial charge >= 0.3 is 5.69 Å². The Kier molecular flexibility index (Phi) is 8.53. The average molecular weight is 436 g/mol. The van der Waals surface area contributed by atoms with E-state index in [1.54, 1.807) is 29.2 Å². The summed E-state index contributed by atoms with van der Waals surface area (Å²) >= 11 is 5.97. The van der Waals surface area contributed by atoms with Crippen LogP contribution in [0, 0.1) is 5.92 Å². The summed E-state index contributed by atoms with van der Waals surface area (Å²) in [5, 5.41) is 3.29. The third-order valence-corrected chi connectivity index (χ3v) is 4.92. The van der Waals surface area contributed by atoms with Gasteiger partial charge in [0.2, 0.25) is 5.91 Å². The molecule has 1 aromatic carbocycles. The predicted octanol–water partition coefficient (Wildman–Crippen LogP) is 3.06. The molecule has 0 atom stereocenters. The lowest BCUT2D eigenvalue weighted by Crippen LogP contribution is -2.42. The van der Waals surface area contributed by atoms with E-state index in [9.17, 15) is 14.4 Å². The van der Waals surface area contributed by atoms with Gasteiger partial charge in [-0.2, -0.15) is 0 Å². The second-order valence-electron chi connectivity index (χ2n) is 7.66. The zero-order valence-corrected chi connectivity index (χ0v) is 18.5. The number of nitrogens with zero attached hydrogens (tertiary/aromatic N) is 2. The first kappa shape index (κ1) is 23.5. The third-order valence-electron chi connectivity index (χ3n) is 4.68. The number of halogens is 1. The summed E-state index contributed by atoms with van der Waals surface area (Å²) in [5.74, 6) is 0.123. The Hall–Kier alpha value is -2.74. The number of amides is 1. The maximum atomic E-state index is 12.7. The van der Waals surface area contributed by atoms with Gasteiger partial charge in [-0.1, -0.05) is 44.9 Å². The van der Waals surface area contributed by atoms with Crippen molar-refractivity contribution in [1.29, 1.82) is 0 Å². The molecule has 1 heterocycles. The molecule has 0 aliphatic rings. The molecule has 164 valence electrons. The molecule has 8 nitrogen and oxygen atoms in total. The molecule has 1 aromatic heterocycles. The molecule has 9 heteroatoms. The number of H-pyrrole nitrogens is 1. The van der Waals surface area contributed by atoms with E-state index in [0.717, 1.165) is 19.3 Å². The Morgan fingerprint density at radius 1 is 1.33 bits per heavy atom. The number of carbonyl (C=O) groups excluding carboxylic acids is 1.